The number of sulfonamides is 1. The molecule has 0 fully saturated rings. The summed E-state index contributed by atoms with van der Waals surface area (Å²) in [5.74, 6) is 0. The molecule has 0 spiro atoms. The number of nitrogens with zero attached hydrogens (tertiary/aromatic N) is 1. The van der Waals surface area contributed by atoms with Gasteiger partial charge in [0, 0.05) is 20.3 Å². The van der Waals surface area contributed by atoms with Crippen LogP contribution >= 0.6 is 0 Å². The molecule has 0 radical (unpaired) electrons. The average molecular weight is 318 g/mol. The van der Waals surface area contributed by atoms with Gasteiger partial charge < -0.3 is 9.47 Å². The maximum Gasteiger partial charge on any atom is 0.289 e. The van der Waals surface area contributed by atoms with Crippen molar-refractivity contribution in [2.45, 2.75) is 31.1 Å². The molecular formula is C12H18N2O6S. The molecule has 1 unspecified atom stereocenters. The van der Waals surface area contributed by atoms with E-state index in [-0.39, 0.29) is 10.5 Å². The predicted octanol–water partition coefficient (Wildman–Crippen LogP) is 1.19. The molecule has 0 bridgehead atoms. The molecule has 9 heteroatoms. The first-order chi connectivity index (χ1) is 9.74. The van der Waals surface area contributed by atoms with Crippen LogP contribution in [0, 0.1) is 17.0 Å². The van der Waals surface area contributed by atoms with Gasteiger partial charge in [-0.1, -0.05) is 12.1 Å². The van der Waals surface area contributed by atoms with Crippen LogP contribution in [0.1, 0.15) is 12.5 Å². The van der Waals surface area contributed by atoms with Crippen LogP contribution in [0.4, 0.5) is 5.69 Å². The largest absolute Gasteiger partial charge is 0.354 e. The Balaban J connectivity index is 3.23. The van der Waals surface area contributed by atoms with Crippen molar-refractivity contribution in [3.05, 3.63) is 33.9 Å². The molecule has 0 heterocycles. The number of nitrogens with one attached hydrogen (secondary N) is 1. The van der Waals surface area contributed by atoms with Gasteiger partial charge >= 0.3 is 0 Å². The van der Waals surface area contributed by atoms with Gasteiger partial charge in [-0.15, -0.1) is 0 Å². The summed E-state index contributed by atoms with van der Waals surface area (Å²) in [6, 6.07) is 3.36. The van der Waals surface area contributed by atoms with Crippen LogP contribution in [-0.2, 0) is 19.5 Å². The van der Waals surface area contributed by atoms with Crippen molar-refractivity contribution in [1.29, 1.82) is 0 Å². The molecule has 0 aliphatic rings. The standard InChI is InChI=1S/C12H18N2O6S/c1-8-6-5-7-10(14(15)16)11(8)21(17,18)13-9(2)12(19-3)20-4/h5-7,9,12-13H,1-4H3. The lowest BCUT2D eigenvalue weighted by Gasteiger charge is -2.22. The van der Waals surface area contributed by atoms with E-state index >= 15 is 0 Å². The zero-order valence-corrected chi connectivity index (χ0v) is 13.0. The summed E-state index contributed by atoms with van der Waals surface area (Å²) >= 11 is 0. The van der Waals surface area contributed by atoms with Gasteiger partial charge in [-0.05, 0) is 19.4 Å². The fourth-order valence-corrected chi connectivity index (χ4v) is 3.62. The monoisotopic (exact) mass is 318 g/mol. The van der Waals surface area contributed by atoms with E-state index in [9.17, 15) is 18.5 Å². The minimum atomic E-state index is -4.08. The third-order valence-corrected chi connectivity index (χ3v) is 4.62. The Kier molecular flexibility index (Phi) is 5.78. The lowest BCUT2D eigenvalue weighted by atomic mass is 10.2. The molecule has 8 nitrogen and oxygen atoms in total. The van der Waals surface area contributed by atoms with Crippen LogP contribution in [0.5, 0.6) is 0 Å². The summed E-state index contributed by atoms with van der Waals surface area (Å²) in [5.41, 5.74) is -0.184. The number of hydrogen-bond acceptors (Lipinski definition) is 6. The Morgan fingerprint density at radius 3 is 2.33 bits per heavy atom. The lowest BCUT2D eigenvalue weighted by molar-refractivity contribution is -0.387. The third-order valence-electron chi connectivity index (χ3n) is 2.87. The maximum atomic E-state index is 12.4. The van der Waals surface area contributed by atoms with Gasteiger partial charge in [0.15, 0.2) is 11.2 Å². The van der Waals surface area contributed by atoms with Crippen LogP contribution in [-0.4, -0.2) is 39.9 Å². The average Bonchev–Trinajstić information content (AvgIpc) is 2.38. The first kappa shape index (κ1) is 17.5. The SMILES string of the molecule is COC(OC)C(C)NS(=O)(=O)c1c(C)cccc1[N+](=O)[O-]. The molecular weight excluding hydrogens is 300 g/mol. The van der Waals surface area contributed by atoms with Crippen LogP contribution in [0.3, 0.4) is 0 Å². The minimum absolute atomic E-state index is 0.287. The quantitative estimate of drug-likeness (QED) is 0.459. The summed E-state index contributed by atoms with van der Waals surface area (Å²) < 4.78 is 37.1. The molecule has 0 saturated carbocycles. The van der Waals surface area contributed by atoms with Crippen LogP contribution in [0.25, 0.3) is 0 Å². The summed E-state index contributed by atoms with van der Waals surface area (Å²) in [4.78, 5) is 9.94. The van der Waals surface area contributed by atoms with E-state index in [1.54, 1.807) is 6.92 Å². The second kappa shape index (κ2) is 6.94. The van der Waals surface area contributed by atoms with Crippen LogP contribution < -0.4 is 4.72 Å². The van der Waals surface area contributed by atoms with Gasteiger partial charge in [0.2, 0.25) is 10.0 Å². The molecule has 0 aliphatic heterocycles. The smallest absolute Gasteiger partial charge is 0.289 e. The molecule has 0 amide bonds. The molecule has 21 heavy (non-hydrogen) atoms. The van der Waals surface area contributed by atoms with Crippen molar-refractivity contribution in [1.82, 2.24) is 4.72 Å². The van der Waals surface area contributed by atoms with E-state index in [0.717, 1.165) is 6.07 Å². The van der Waals surface area contributed by atoms with Crippen molar-refractivity contribution in [3.63, 3.8) is 0 Å². The van der Waals surface area contributed by atoms with Crippen LogP contribution in [0.15, 0.2) is 23.1 Å². The van der Waals surface area contributed by atoms with Gasteiger partial charge in [-0.25, -0.2) is 13.1 Å². The summed E-state index contributed by atoms with van der Waals surface area (Å²) in [6.45, 7) is 3.04. The number of methoxy groups -OCH3 is 2. The number of aryl methyl sites for hydroxylation is 1. The van der Waals surface area contributed by atoms with Crippen molar-refractivity contribution >= 4 is 15.7 Å². The Hall–Kier alpha value is -1.55. The van der Waals surface area contributed by atoms with Crippen molar-refractivity contribution in [2.24, 2.45) is 0 Å². The van der Waals surface area contributed by atoms with Gasteiger partial charge in [-0.2, -0.15) is 0 Å². The Labute approximate surface area is 123 Å². The number of hydrogen-bond donors (Lipinski definition) is 1. The Morgan fingerprint density at radius 2 is 1.86 bits per heavy atom. The van der Waals surface area contributed by atoms with Gasteiger partial charge in [0.05, 0.1) is 11.0 Å². The zero-order valence-electron chi connectivity index (χ0n) is 12.2. The first-order valence-electron chi connectivity index (χ1n) is 6.06. The van der Waals surface area contributed by atoms with Gasteiger partial charge in [0.1, 0.15) is 0 Å². The van der Waals surface area contributed by atoms with E-state index in [1.165, 1.54) is 33.3 Å². The zero-order chi connectivity index (χ0) is 16.2. The van der Waals surface area contributed by atoms with E-state index < -0.39 is 33.0 Å². The normalized spacial score (nSPS) is 13.4. The molecule has 0 aromatic heterocycles. The highest BCUT2D eigenvalue weighted by molar-refractivity contribution is 7.89. The summed E-state index contributed by atoms with van der Waals surface area (Å²) in [7, 11) is -1.34. The number of rotatable bonds is 7. The highest BCUT2D eigenvalue weighted by atomic mass is 32.2. The van der Waals surface area contributed by atoms with Gasteiger partial charge in [-0.3, -0.25) is 10.1 Å². The number of nitro benzene ring substituents is 1. The minimum Gasteiger partial charge on any atom is -0.354 e. The van der Waals surface area contributed by atoms with Crippen LogP contribution in [0.2, 0.25) is 0 Å². The molecule has 1 aromatic carbocycles. The second-order valence-corrected chi connectivity index (χ2v) is 6.08. The number of benzene rings is 1. The van der Waals surface area contributed by atoms with Gasteiger partial charge in [0.25, 0.3) is 5.69 Å². The molecule has 0 aliphatic carbocycles. The highest BCUT2D eigenvalue weighted by Crippen LogP contribution is 2.27. The predicted molar refractivity (Wildman–Crippen MR) is 75.4 cm³/mol. The molecule has 1 atom stereocenters. The number of nitro groups is 1. The fourth-order valence-electron chi connectivity index (χ4n) is 1.99. The topological polar surface area (TPSA) is 108 Å². The molecule has 1 N–H and O–H groups in total. The first-order valence-corrected chi connectivity index (χ1v) is 7.54. The van der Waals surface area contributed by atoms with Crippen molar-refractivity contribution in [3.8, 4) is 0 Å². The van der Waals surface area contributed by atoms with E-state index in [0.29, 0.717) is 0 Å². The summed E-state index contributed by atoms with van der Waals surface area (Å²) in [6.07, 6.45) is -0.803. The van der Waals surface area contributed by atoms with E-state index in [2.05, 4.69) is 4.72 Å². The highest BCUT2D eigenvalue weighted by Gasteiger charge is 2.31. The summed E-state index contributed by atoms with van der Waals surface area (Å²) in [5, 5.41) is 11.0. The lowest BCUT2D eigenvalue weighted by Crippen LogP contribution is -2.43. The Morgan fingerprint density at radius 1 is 1.29 bits per heavy atom. The van der Waals surface area contributed by atoms with Crippen molar-refractivity contribution < 1.29 is 22.8 Å². The molecule has 118 valence electrons. The fraction of sp³-hybridized carbons (Fsp3) is 0.500. The molecule has 0 saturated heterocycles. The van der Waals surface area contributed by atoms with E-state index in [4.69, 9.17) is 9.47 Å². The van der Waals surface area contributed by atoms with Crippen molar-refractivity contribution in [2.75, 3.05) is 14.2 Å². The molecule has 1 rings (SSSR count). The third kappa shape index (κ3) is 3.97. The Bertz CT molecular complexity index is 612. The second-order valence-electron chi connectivity index (χ2n) is 4.43. The van der Waals surface area contributed by atoms with E-state index in [1.807, 2.05) is 0 Å². The molecule has 1 aromatic rings. The maximum absolute atomic E-state index is 12.4. The number of ether oxygens (including phenoxy) is 2.